The second-order valence-corrected chi connectivity index (χ2v) is 9.79. The molecule has 1 aliphatic heterocycles. The Kier molecular flexibility index (Phi) is 6.52. The van der Waals surface area contributed by atoms with Crippen LogP contribution >= 0.6 is 0 Å². The molecule has 3 heterocycles. The molecular formula is C19H30N6O3S. The third-order valence-electron chi connectivity index (χ3n) is 5.54. The Balaban J connectivity index is 1.53. The van der Waals surface area contributed by atoms with Gasteiger partial charge in [-0.3, -0.25) is 4.79 Å². The van der Waals surface area contributed by atoms with Crippen LogP contribution in [0.4, 0.5) is 0 Å². The largest absolute Gasteiger partial charge is 0.355 e. The van der Waals surface area contributed by atoms with Crippen molar-refractivity contribution in [1.29, 1.82) is 0 Å². The molecule has 10 heteroatoms. The first kappa shape index (κ1) is 21.6. The summed E-state index contributed by atoms with van der Waals surface area (Å²) in [4.78, 5) is 21.0. The van der Waals surface area contributed by atoms with E-state index in [0.29, 0.717) is 24.6 Å². The van der Waals surface area contributed by atoms with Crippen LogP contribution in [0.2, 0.25) is 0 Å². The van der Waals surface area contributed by atoms with Crippen molar-refractivity contribution in [1.82, 2.24) is 29.2 Å². The number of hydrogen-bond acceptors (Lipinski definition) is 6. The van der Waals surface area contributed by atoms with Crippen LogP contribution in [0.25, 0.3) is 5.78 Å². The van der Waals surface area contributed by atoms with Crippen LogP contribution in [-0.4, -0.2) is 63.1 Å². The smallest absolute Gasteiger partial charge is 0.252 e. The van der Waals surface area contributed by atoms with E-state index in [-0.39, 0.29) is 30.7 Å². The number of sulfonamides is 1. The first-order chi connectivity index (χ1) is 13.7. The summed E-state index contributed by atoms with van der Waals surface area (Å²) in [6.45, 7) is 8.30. The maximum absolute atomic E-state index is 12.5. The molecule has 2 aromatic heterocycles. The number of nitrogens with one attached hydrogen (secondary N) is 1. The van der Waals surface area contributed by atoms with E-state index in [1.165, 1.54) is 0 Å². The molecule has 0 aliphatic carbocycles. The number of rotatable bonds is 7. The van der Waals surface area contributed by atoms with E-state index in [1.54, 1.807) is 8.82 Å². The molecule has 1 N–H and O–H groups in total. The highest BCUT2D eigenvalue weighted by atomic mass is 32.2. The third kappa shape index (κ3) is 4.92. The first-order valence-corrected chi connectivity index (χ1v) is 11.8. The number of piperidine rings is 1. The summed E-state index contributed by atoms with van der Waals surface area (Å²) in [5.41, 5.74) is 2.71. The van der Waals surface area contributed by atoms with E-state index in [9.17, 15) is 13.2 Å². The molecule has 1 unspecified atom stereocenters. The van der Waals surface area contributed by atoms with Gasteiger partial charge in [0, 0.05) is 36.9 Å². The monoisotopic (exact) mass is 422 g/mol. The van der Waals surface area contributed by atoms with Crippen LogP contribution in [-0.2, 0) is 21.2 Å². The van der Waals surface area contributed by atoms with Crippen LogP contribution < -0.4 is 5.32 Å². The van der Waals surface area contributed by atoms with E-state index < -0.39 is 10.0 Å². The molecule has 0 saturated carbocycles. The van der Waals surface area contributed by atoms with Gasteiger partial charge in [-0.2, -0.15) is 14.4 Å². The van der Waals surface area contributed by atoms with Crippen molar-refractivity contribution in [3.63, 3.8) is 0 Å². The minimum Gasteiger partial charge on any atom is -0.355 e. The summed E-state index contributed by atoms with van der Waals surface area (Å²) in [6.07, 6.45) is 3.65. The second-order valence-electron chi connectivity index (χ2n) is 7.75. The summed E-state index contributed by atoms with van der Waals surface area (Å²) in [6, 6.07) is 0.0400. The highest BCUT2D eigenvalue weighted by Gasteiger charge is 2.29. The molecule has 0 spiro atoms. The van der Waals surface area contributed by atoms with Crippen molar-refractivity contribution in [2.75, 3.05) is 18.8 Å². The molecule has 0 bridgehead atoms. The molecule has 1 saturated heterocycles. The molecule has 9 nitrogen and oxygen atoms in total. The van der Waals surface area contributed by atoms with E-state index >= 15 is 0 Å². The quantitative estimate of drug-likeness (QED) is 0.720. The van der Waals surface area contributed by atoms with Gasteiger partial charge in [0.05, 0.1) is 5.75 Å². The molecule has 0 aromatic carbocycles. The lowest BCUT2D eigenvalue weighted by Crippen LogP contribution is -2.45. The maximum Gasteiger partial charge on any atom is 0.252 e. The number of carbonyl (C=O) groups is 1. The summed E-state index contributed by atoms with van der Waals surface area (Å²) in [5, 5.41) is 7.08. The number of fused-ring (bicyclic) bond motifs is 1. The van der Waals surface area contributed by atoms with Crippen LogP contribution in [0.15, 0.2) is 0 Å². The summed E-state index contributed by atoms with van der Waals surface area (Å²) in [5.74, 6) is 0.981. The standard InChI is InChI=1S/C19H30N6O3S/c1-13-7-5-6-11-24(13)29(27,28)12-10-20-18(26)9-8-17-14(2)21-19-22-16(4)23-25(19)15(17)3/h13H,5-12H2,1-4H3,(H,20,26). The van der Waals surface area contributed by atoms with Gasteiger partial charge in [0.25, 0.3) is 5.78 Å². The summed E-state index contributed by atoms with van der Waals surface area (Å²) >= 11 is 0. The van der Waals surface area contributed by atoms with Gasteiger partial charge in [-0.25, -0.2) is 17.9 Å². The van der Waals surface area contributed by atoms with Gasteiger partial charge >= 0.3 is 0 Å². The van der Waals surface area contributed by atoms with Gasteiger partial charge < -0.3 is 5.32 Å². The van der Waals surface area contributed by atoms with Crippen molar-refractivity contribution in [2.45, 2.75) is 65.8 Å². The molecule has 160 valence electrons. The van der Waals surface area contributed by atoms with Crippen molar-refractivity contribution < 1.29 is 13.2 Å². The molecule has 3 rings (SSSR count). The number of hydrogen-bond donors (Lipinski definition) is 1. The molecule has 1 aliphatic rings. The highest BCUT2D eigenvalue weighted by molar-refractivity contribution is 7.89. The van der Waals surface area contributed by atoms with E-state index in [0.717, 1.165) is 36.2 Å². The van der Waals surface area contributed by atoms with Crippen molar-refractivity contribution in [3.8, 4) is 0 Å². The number of amides is 1. The molecule has 1 atom stereocenters. The van der Waals surface area contributed by atoms with E-state index in [1.807, 2.05) is 27.7 Å². The third-order valence-corrected chi connectivity index (χ3v) is 7.52. The summed E-state index contributed by atoms with van der Waals surface area (Å²) < 4.78 is 28.3. The zero-order valence-corrected chi connectivity index (χ0v) is 18.4. The summed E-state index contributed by atoms with van der Waals surface area (Å²) in [7, 11) is -3.34. The number of nitrogens with zero attached hydrogens (tertiary/aromatic N) is 5. The molecule has 0 radical (unpaired) electrons. The minimum absolute atomic E-state index is 0.0400. The maximum atomic E-state index is 12.5. The van der Waals surface area contributed by atoms with Gasteiger partial charge in [0.2, 0.25) is 15.9 Å². The fourth-order valence-corrected chi connectivity index (χ4v) is 5.57. The molecule has 1 amide bonds. The lowest BCUT2D eigenvalue weighted by atomic mass is 10.1. The van der Waals surface area contributed by atoms with Crippen LogP contribution in [0.5, 0.6) is 0 Å². The number of aryl methyl sites for hydroxylation is 3. The second kappa shape index (κ2) is 8.74. The SMILES string of the molecule is Cc1nc2nc(C)c(CCC(=O)NCCS(=O)(=O)N3CCCCC3C)c(C)n2n1. The van der Waals surface area contributed by atoms with Crippen LogP contribution in [0.3, 0.4) is 0 Å². The lowest BCUT2D eigenvalue weighted by molar-refractivity contribution is -0.120. The van der Waals surface area contributed by atoms with Crippen LogP contribution in [0.1, 0.15) is 55.4 Å². The fourth-order valence-electron chi connectivity index (χ4n) is 3.92. The highest BCUT2D eigenvalue weighted by Crippen LogP contribution is 2.20. The van der Waals surface area contributed by atoms with Gasteiger partial charge in [-0.15, -0.1) is 0 Å². The zero-order valence-electron chi connectivity index (χ0n) is 17.6. The Morgan fingerprint density at radius 3 is 2.69 bits per heavy atom. The average molecular weight is 423 g/mol. The topological polar surface area (TPSA) is 110 Å². The lowest BCUT2D eigenvalue weighted by Gasteiger charge is -2.32. The van der Waals surface area contributed by atoms with E-state index in [2.05, 4.69) is 20.4 Å². The molecule has 1 fully saturated rings. The molecular weight excluding hydrogens is 392 g/mol. The Labute approximate surface area is 172 Å². The van der Waals surface area contributed by atoms with Gasteiger partial charge in [-0.1, -0.05) is 6.42 Å². The Morgan fingerprint density at radius 2 is 1.97 bits per heavy atom. The number of carbonyl (C=O) groups excluding carboxylic acids is 1. The minimum atomic E-state index is -3.34. The Morgan fingerprint density at radius 1 is 1.21 bits per heavy atom. The Bertz CT molecular complexity index is 1000. The first-order valence-electron chi connectivity index (χ1n) is 10.1. The fraction of sp³-hybridized carbons (Fsp3) is 0.684. The predicted octanol–water partition coefficient (Wildman–Crippen LogP) is 1.30. The molecule has 29 heavy (non-hydrogen) atoms. The normalized spacial score (nSPS) is 18.3. The van der Waals surface area contributed by atoms with Gasteiger partial charge in [0.15, 0.2) is 0 Å². The van der Waals surface area contributed by atoms with Gasteiger partial charge in [0.1, 0.15) is 5.82 Å². The Hall–Kier alpha value is -2.07. The van der Waals surface area contributed by atoms with Crippen molar-refractivity contribution >= 4 is 21.7 Å². The predicted molar refractivity (Wildman–Crippen MR) is 110 cm³/mol. The average Bonchev–Trinajstić information content (AvgIpc) is 3.02. The van der Waals surface area contributed by atoms with E-state index in [4.69, 9.17) is 0 Å². The number of aromatic nitrogens is 4. The van der Waals surface area contributed by atoms with Crippen molar-refractivity contribution in [3.05, 3.63) is 22.8 Å². The van der Waals surface area contributed by atoms with Crippen LogP contribution in [0, 0.1) is 20.8 Å². The van der Waals surface area contributed by atoms with Gasteiger partial charge in [-0.05, 0) is 52.5 Å². The molecule has 2 aromatic rings. The zero-order chi connectivity index (χ0) is 21.2. The van der Waals surface area contributed by atoms with Crippen molar-refractivity contribution in [2.24, 2.45) is 0 Å².